The summed E-state index contributed by atoms with van der Waals surface area (Å²) in [7, 11) is 3.03. The van der Waals surface area contributed by atoms with E-state index in [-0.39, 0.29) is 18.6 Å². The molecule has 0 spiro atoms. The maximum atomic E-state index is 12.9. The number of nitrogens with one attached hydrogen (secondary N) is 1. The van der Waals surface area contributed by atoms with Gasteiger partial charge in [-0.15, -0.1) is 0 Å². The van der Waals surface area contributed by atoms with Crippen LogP contribution >= 0.6 is 0 Å². The quantitative estimate of drug-likeness (QED) is 0.660. The summed E-state index contributed by atoms with van der Waals surface area (Å²) in [5, 5.41) is 3.15. The van der Waals surface area contributed by atoms with Gasteiger partial charge in [0, 0.05) is 12.6 Å². The Labute approximate surface area is 167 Å². The average Bonchev–Trinajstić information content (AvgIpc) is 2.74. The van der Waals surface area contributed by atoms with Crippen LogP contribution in [-0.2, 0) is 17.9 Å². The summed E-state index contributed by atoms with van der Waals surface area (Å²) in [5.74, 6) is 0.613. The van der Waals surface area contributed by atoms with Gasteiger partial charge < -0.3 is 14.8 Å². The van der Waals surface area contributed by atoms with Crippen molar-refractivity contribution in [3.05, 3.63) is 63.3 Å². The van der Waals surface area contributed by atoms with Gasteiger partial charge in [-0.2, -0.15) is 0 Å². The molecule has 0 unspecified atom stereocenters. The Morgan fingerprint density at radius 2 is 1.79 bits per heavy atom. The minimum atomic E-state index is -0.507. The Morgan fingerprint density at radius 1 is 1.03 bits per heavy atom. The van der Waals surface area contributed by atoms with Gasteiger partial charge in [0.2, 0.25) is 5.91 Å². The highest BCUT2D eigenvalue weighted by Crippen LogP contribution is 2.29. The standard InChI is InChI=1S/C21H23N3O5/c1-4-11-23-20(26)15-7-5-6-8-17(15)24(21(23)27)13-19(25)22-16-10-9-14(28-2)12-18(16)29-3/h5-10,12H,4,11,13H2,1-3H3,(H,22,25). The van der Waals surface area contributed by atoms with Crippen LogP contribution in [0.4, 0.5) is 5.69 Å². The lowest BCUT2D eigenvalue weighted by atomic mass is 10.2. The molecule has 3 rings (SSSR count). The largest absolute Gasteiger partial charge is 0.497 e. The van der Waals surface area contributed by atoms with Gasteiger partial charge in [-0.3, -0.25) is 18.7 Å². The van der Waals surface area contributed by atoms with Crippen molar-refractivity contribution in [2.24, 2.45) is 0 Å². The number of amides is 1. The first-order chi connectivity index (χ1) is 14.0. The number of anilines is 1. The van der Waals surface area contributed by atoms with Crippen LogP contribution in [0.2, 0.25) is 0 Å². The molecule has 0 bridgehead atoms. The minimum Gasteiger partial charge on any atom is -0.497 e. The highest BCUT2D eigenvalue weighted by Gasteiger charge is 2.16. The lowest BCUT2D eigenvalue weighted by molar-refractivity contribution is -0.116. The van der Waals surface area contributed by atoms with Crippen LogP contribution in [0.3, 0.4) is 0 Å². The molecule has 0 saturated carbocycles. The third-order valence-corrected chi connectivity index (χ3v) is 4.56. The van der Waals surface area contributed by atoms with Crippen LogP contribution in [0.1, 0.15) is 13.3 Å². The molecule has 2 aromatic carbocycles. The molecule has 0 fully saturated rings. The second kappa shape index (κ2) is 8.64. The average molecular weight is 397 g/mol. The number of fused-ring (bicyclic) bond motifs is 1. The van der Waals surface area contributed by atoms with Crippen LogP contribution in [0.5, 0.6) is 11.5 Å². The maximum Gasteiger partial charge on any atom is 0.331 e. The van der Waals surface area contributed by atoms with Gasteiger partial charge >= 0.3 is 5.69 Å². The number of methoxy groups -OCH3 is 2. The van der Waals surface area contributed by atoms with E-state index in [9.17, 15) is 14.4 Å². The summed E-state index contributed by atoms with van der Waals surface area (Å²) < 4.78 is 12.9. The second-order valence-corrected chi connectivity index (χ2v) is 6.46. The molecule has 1 heterocycles. The third kappa shape index (κ3) is 4.01. The summed E-state index contributed by atoms with van der Waals surface area (Å²) in [6.07, 6.45) is 0.628. The number of ether oxygens (including phenoxy) is 2. The summed E-state index contributed by atoms with van der Waals surface area (Å²) >= 11 is 0. The van der Waals surface area contributed by atoms with Crippen LogP contribution in [-0.4, -0.2) is 29.3 Å². The number of benzene rings is 2. The van der Waals surface area contributed by atoms with E-state index in [0.717, 1.165) is 0 Å². The van der Waals surface area contributed by atoms with Gasteiger partial charge in [0.1, 0.15) is 18.0 Å². The molecule has 1 aromatic heterocycles. The number of hydrogen-bond donors (Lipinski definition) is 1. The Hall–Kier alpha value is -3.55. The van der Waals surface area contributed by atoms with Crippen molar-refractivity contribution in [1.29, 1.82) is 0 Å². The number of aromatic nitrogens is 2. The summed E-state index contributed by atoms with van der Waals surface area (Å²) in [6.45, 7) is 1.93. The molecule has 8 nitrogen and oxygen atoms in total. The predicted octanol–water partition coefficient (Wildman–Crippen LogP) is 2.23. The van der Waals surface area contributed by atoms with E-state index in [0.29, 0.717) is 34.5 Å². The molecule has 29 heavy (non-hydrogen) atoms. The number of nitrogens with zero attached hydrogens (tertiary/aromatic N) is 2. The molecule has 8 heteroatoms. The number of rotatable bonds is 7. The van der Waals surface area contributed by atoms with E-state index in [1.165, 1.54) is 23.4 Å². The first-order valence-electron chi connectivity index (χ1n) is 9.24. The van der Waals surface area contributed by atoms with Gasteiger partial charge in [-0.25, -0.2) is 4.79 Å². The minimum absolute atomic E-state index is 0.238. The number of para-hydroxylation sites is 1. The Morgan fingerprint density at radius 3 is 2.48 bits per heavy atom. The molecule has 0 aliphatic rings. The second-order valence-electron chi connectivity index (χ2n) is 6.46. The predicted molar refractivity (Wildman–Crippen MR) is 111 cm³/mol. The molecule has 152 valence electrons. The summed E-state index contributed by atoms with van der Waals surface area (Å²) in [6, 6.07) is 11.8. The number of hydrogen-bond acceptors (Lipinski definition) is 5. The van der Waals surface area contributed by atoms with Crippen LogP contribution in [0, 0.1) is 0 Å². The van der Waals surface area contributed by atoms with Crippen molar-refractivity contribution >= 4 is 22.5 Å². The van der Waals surface area contributed by atoms with E-state index in [1.54, 1.807) is 42.5 Å². The van der Waals surface area contributed by atoms with E-state index in [4.69, 9.17) is 9.47 Å². The molecule has 0 atom stereocenters. The monoisotopic (exact) mass is 397 g/mol. The third-order valence-electron chi connectivity index (χ3n) is 4.56. The Balaban J connectivity index is 1.99. The van der Waals surface area contributed by atoms with Gasteiger partial charge in [0.15, 0.2) is 0 Å². The van der Waals surface area contributed by atoms with Crippen molar-refractivity contribution in [2.45, 2.75) is 26.4 Å². The molecule has 0 aliphatic heterocycles. The zero-order chi connectivity index (χ0) is 21.0. The van der Waals surface area contributed by atoms with Crippen molar-refractivity contribution in [1.82, 2.24) is 9.13 Å². The van der Waals surface area contributed by atoms with Crippen molar-refractivity contribution in [3.8, 4) is 11.5 Å². The normalized spacial score (nSPS) is 10.7. The molecule has 0 saturated heterocycles. The van der Waals surface area contributed by atoms with E-state index in [1.807, 2.05) is 6.92 Å². The summed E-state index contributed by atoms with van der Waals surface area (Å²) in [4.78, 5) is 38.2. The molecule has 0 radical (unpaired) electrons. The van der Waals surface area contributed by atoms with E-state index >= 15 is 0 Å². The number of carbonyl (C=O) groups is 1. The maximum absolute atomic E-state index is 12.9. The van der Waals surface area contributed by atoms with Crippen LogP contribution < -0.4 is 26.0 Å². The molecular weight excluding hydrogens is 374 g/mol. The molecule has 0 aliphatic carbocycles. The smallest absolute Gasteiger partial charge is 0.331 e. The molecule has 1 N–H and O–H groups in total. The Bertz CT molecular complexity index is 1160. The fourth-order valence-electron chi connectivity index (χ4n) is 3.18. The van der Waals surface area contributed by atoms with Gasteiger partial charge in [-0.1, -0.05) is 19.1 Å². The highest BCUT2D eigenvalue weighted by atomic mass is 16.5. The van der Waals surface area contributed by atoms with Gasteiger partial charge in [0.25, 0.3) is 5.56 Å². The van der Waals surface area contributed by atoms with Gasteiger partial charge in [-0.05, 0) is 30.7 Å². The SMILES string of the molecule is CCCn1c(=O)c2ccccc2n(CC(=O)Nc2ccc(OC)cc2OC)c1=O. The highest BCUT2D eigenvalue weighted by molar-refractivity contribution is 5.93. The topological polar surface area (TPSA) is 91.6 Å². The van der Waals surface area contributed by atoms with E-state index in [2.05, 4.69) is 5.32 Å². The first-order valence-corrected chi connectivity index (χ1v) is 9.24. The van der Waals surface area contributed by atoms with Crippen molar-refractivity contribution in [3.63, 3.8) is 0 Å². The lowest BCUT2D eigenvalue weighted by Crippen LogP contribution is -2.41. The van der Waals surface area contributed by atoms with E-state index < -0.39 is 11.6 Å². The van der Waals surface area contributed by atoms with Crippen molar-refractivity contribution < 1.29 is 14.3 Å². The summed E-state index contributed by atoms with van der Waals surface area (Å²) in [5.41, 5.74) is 0.0255. The first kappa shape index (κ1) is 20.2. The molecule has 3 aromatic rings. The fourth-order valence-corrected chi connectivity index (χ4v) is 3.18. The fraction of sp³-hybridized carbons (Fsp3) is 0.286. The van der Waals surface area contributed by atoms with Crippen LogP contribution in [0.25, 0.3) is 10.9 Å². The van der Waals surface area contributed by atoms with Crippen LogP contribution in [0.15, 0.2) is 52.1 Å². The molecule has 1 amide bonds. The lowest BCUT2D eigenvalue weighted by Gasteiger charge is -2.15. The number of carbonyl (C=O) groups excluding carboxylic acids is 1. The zero-order valence-corrected chi connectivity index (χ0v) is 16.6. The zero-order valence-electron chi connectivity index (χ0n) is 16.6. The molecular formula is C21H23N3O5. The van der Waals surface area contributed by atoms with Gasteiger partial charge in [0.05, 0.1) is 30.8 Å². The van der Waals surface area contributed by atoms with Crippen molar-refractivity contribution in [2.75, 3.05) is 19.5 Å². The Kier molecular flexibility index (Phi) is 6.01.